The van der Waals surface area contributed by atoms with Gasteiger partial charge in [-0.25, -0.2) is 0 Å². The normalized spacial score (nSPS) is 17.8. The van der Waals surface area contributed by atoms with Gasteiger partial charge in [0.1, 0.15) is 5.75 Å². The highest BCUT2D eigenvalue weighted by atomic mass is 16.5. The van der Waals surface area contributed by atoms with Crippen LogP contribution in [0.4, 0.5) is 5.82 Å². The predicted molar refractivity (Wildman–Crippen MR) is 86.6 cm³/mol. The Morgan fingerprint density at radius 3 is 2.61 bits per heavy atom. The monoisotopic (exact) mass is 313 g/mol. The van der Waals surface area contributed by atoms with Crippen LogP contribution in [0, 0.1) is 5.92 Å². The average molecular weight is 313 g/mol. The first-order valence-electron chi connectivity index (χ1n) is 7.63. The van der Waals surface area contributed by atoms with Gasteiger partial charge in [-0.05, 0) is 49.2 Å². The molecular weight excluding hydrogens is 294 g/mol. The van der Waals surface area contributed by atoms with Gasteiger partial charge in [0, 0.05) is 18.7 Å². The SMILES string of the molecule is COc1ccc(-c2ccc(N3CCC[C@H](C(=O)O)C3)nn2)cc1. The Labute approximate surface area is 134 Å². The molecule has 0 saturated carbocycles. The van der Waals surface area contributed by atoms with Gasteiger partial charge in [0.25, 0.3) is 0 Å². The van der Waals surface area contributed by atoms with Crippen LogP contribution in [0.3, 0.4) is 0 Å². The topological polar surface area (TPSA) is 75.5 Å². The zero-order valence-corrected chi connectivity index (χ0v) is 13.0. The molecule has 1 aliphatic heterocycles. The molecule has 1 N–H and O–H groups in total. The second-order valence-electron chi connectivity index (χ2n) is 5.63. The summed E-state index contributed by atoms with van der Waals surface area (Å²) >= 11 is 0. The van der Waals surface area contributed by atoms with Crippen molar-refractivity contribution >= 4 is 11.8 Å². The zero-order chi connectivity index (χ0) is 16.2. The van der Waals surface area contributed by atoms with Crippen molar-refractivity contribution in [1.29, 1.82) is 0 Å². The van der Waals surface area contributed by atoms with Crippen LogP contribution >= 0.6 is 0 Å². The minimum Gasteiger partial charge on any atom is -0.497 e. The van der Waals surface area contributed by atoms with Crippen LogP contribution in [0.25, 0.3) is 11.3 Å². The van der Waals surface area contributed by atoms with Gasteiger partial charge in [0.2, 0.25) is 0 Å². The molecule has 0 unspecified atom stereocenters. The van der Waals surface area contributed by atoms with Crippen molar-refractivity contribution in [3.8, 4) is 17.0 Å². The fraction of sp³-hybridized carbons (Fsp3) is 0.353. The number of hydrogen-bond donors (Lipinski definition) is 1. The summed E-state index contributed by atoms with van der Waals surface area (Å²) in [5.41, 5.74) is 1.75. The van der Waals surface area contributed by atoms with Crippen LogP contribution in [0.1, 0.15) is 12.8 Å². The molecule has 1 aliphatic rings. The zero-order valence-electron chi connectivity index (χ0n) is 13.0. The lowest BCUT2D eigenvalue weighted by molar-refractivity contribution is -0.141. The van der Waals surface area contributed by atoms with Gasteiger partial charge in [0.05, 0.1) is 18.7 Å². The maximum Gasteiger partial charge on any atom is 0.308 e. The molecule has 1 saturated heterocycles. The van der Waals surface area contributed by atoms with Crippen LogP contribution in [-0.4, -0.2) is 41.5 Å². The molecule has 0 amide bonds. The molecule has 6 heteroatoms. The van der Waals surface area contributed by atoms with E-state index in [4.69, 9.17) is 9.84 Å². The summed E-state index contributed by atoms with van der Waals surface area (Å²) in [5, 5.41) is 17.7. The first-order chi connectivity index (χ1) is 11.2. The van der Waals surface area contributed by atoms with Crippen molar-refractivity contribution in [3.63, 3.8) is 0 Å². The number of carboxylic acid groups (broad SMARTS) is 1. The van der Waals surface area contributed by atoms with E-state index in [1.165, 1.54) is 0 Å². The van der Waals surface area contributed by atoms with Crippen molar-refractivity contribution in [1.82, 2.24) is 10.2 Å². The number of rotatable bonds is 4. The van der Waals surface area contributed by atoms with E-state index < -0.39 is 5.97 Å². The number of nitrogens with zero attached hydrogens (tertiary/aromatic N) is 3. The van der Waals surface area contributed by atoms with Crippen LogP contribution < -0.4 is 9.64 Å². The quantitative estimate of drug-likeness (QED) is 0.934. The van der Waals surface area contributed by atoms with Crippen molar-refractivity contribution in [2.45, 2.75) is 12.8 Å². The number of ether oxygens (including phenoxy) is 1. The number of hydrogen-bond acceptors (Lipinski definition) is 5. The molecule has 2 heterocycles. The number of aliphatic carboxylic acids is 1. The van der Waals surface area contributed by atoms with Gasteiger partial charge in [-0.1, -0.05) is 0 Å². The fourth-order valence-electron chi connectivity index (χ4n) is 2.80. The van der Waals surface area contributed by atoms with E-state index in [9.17, 15) is 4.79 Å². The van der Waals surface area contributed by atoms with Crippen molar-refractivity contribution < 1.29 is 14.6 Å². The summed E-state index contributed by atoms with van der Waals surface area (Å²) in [6, 6.07) is 11.4. The third kappa shape index (κ3) is 3.41. The van der Waals surface area contributed by atoms with Crippen LogP contribution in [0.15, 0.2) is 36.4 Å². The molecule has 0 aliphatic carbocycles. The van der Waals surface area contributed by atoms with Gasteiger partial charge in [-0.15, -0.1) is 10.2 Å². The van der Waals surface area contributed by atoms with E-state index in [0.29, 0.717) is 6.54 Å². The molecule has 6 nitrogen and oxygen atoms in total. The molecule has 23 heavy (non-hydrogen) atoms. The van der Waals surface area contributed by atoms with E-state index in [1.54, 1.807) is 7.11 Å². The van der Waals surface area contributed by atoms with Gasteiger partial charge in [-0.3, -0.25) is 4.79 Å². The predicted octanol–water partition coefficient (Wildman–Crippen LogP) is 2.45. The molecule has 0 spiro atoms. The maximum absolute atomic E-state index is 11.1. The molecule has 1 aromatic heterocycles. The number of piperidine rings is 1. The number of anilines is 1. The Morgan fingerprint density at radius 1 is 1.22 bits per heavy atom. The minimum atomic E-state index is -0.738. The minimum absolute atomic E-state index is 0.327. The number of aromatic nitrogens is 2. The molecule has 2 aromatic rings. The fourth-order valence-corrected chi connectivity index (χ4v) is 2.80. The molecule has 3 rings (SSSR count). The van der Waals surface area contributed by atoms with Crippen molar-refractivity contribution in [2.75, 3.05) is 25.1 Å². The third-order valence-corrected chi connectivity index (χ3v) is 4.13. The van der Waals surface area contributed by atoms with Gasteiger partial charge in [0.15, 0.2) is 5.82 Å². The summed E-state index contributed by atoms with van der Waals surface area (Å²) < 4.78 is 5.14. The summed E-state index contributed by atoms with van der Waals surface area (Å²) in [7, 11) is 1.63. The maximum atomic E-state index is 11.1. The summed E-state index contributed by atoms with van der Waals surface area (Å²) in [5.74, 6) is 0.462. The van der Waals surface area contributed by atoms with Gasteiger partial charge >= 0.3 is 5.97 Å². The largest absolute Gasteiger partial charge is 0.497 e. The second-order valence-corrected chi connectivity index (χ2v) is 5.63. The van der Waals surface area contributed by atoms with E-state index >= 15 is 0 Å². The molecule has 120 valence electrons. The third-order valence-electron chi connectivity index (χ3n) is 4.13. The van der Waals surface area contributed by atoms with E-state index in [-0.39, 0.29) is 5.92 Å². The number of carboxylic acids is 1. The number of carbonyl (C=O) groups is 1. The van der Waals surface area contributed by atoms with Crippen molar-refractivity contribution in [2.24, 2.45) is 5.92 Å². The van der Waals surface area contributed by atoms with Gasteiger partial charge < -0.3 is 14.7 Å². The van der Waals surface area contributed by atoms with Crippen LogP contribution in [-0.2, 0) is 4.79 Å². The summed E-state index contributed by atoms with van der Waals surface area (Å²) in [6.07, 6.45) is 1.59. The van der Waals surface area contributed by atoms with E-state index in [0.717, 1.165) is 42.2 Å². The van der Waals surface area contributed by atoms with Gasteiger partial charge in [-0.2, -0.15) is 0 Å². The van der Waals surface area contributed by atoms with E-state index in [2.05, 4.69) is 10.2 Å². The standard InChI is InChI=1S/C17H19N3O3/c1-23-14-6-4-12(5-7-14)15-8-9-16(19-18-15)20-10-2-3-13(11-20)17(21)22/h4-9,13H,2-3,10-11H2,1H3,(H,21,22)/t13-/m0/s1. The van der Waals surface area contributed by atoms with E-state index in [1.807, 2.05) is 41.3 Å². The average Bonchev–Trinajstić information content (AvgIpc) is 2.62. The van der Waals surface area contributed by atoms with Crippen LogP contribution in [0.5, 0.6) is 5.75 Å². The summed E-state index contributed by atoms with van der Waals surface area (Å²) in [4.78, 5) is 13.1. The highest BCUT2D eigenvalue weighted by Gasteiger charge is 2.26. The Hall–Kier alpha value is -2.63. The highest BCUT2D eigenvalue weighted by molar-refractivity contribution is 5.71. The lowest BCUT2D eigenvalue weighted by Gasteiger charge is -2.31. The highest BCUT2D eigenvalue weighted by Crippen LogP contribution is 2.24. The Bertz CT molecular complexity index is 670. The smallest absolute Gasteiger partial charge is 0.308 e. The Morgan fingerprint density at radius 2 is 2.00 bits per heavy atom. The second kappa shape index (κ2) is 6.64. The molecule has 0 bridgehead atoms. The molecule has 1 aromatic carbocycles. The first-order valence-corrected chi connectivity index (χ1v) is 7.63. The Kier molecular flexibility index (Phi) is 4.41. The Balaban J connectivity index is 1.74. The molecular formula is C17H19N3O3. The molecule has 1 fully saturated rings. The lowest BCUT2D eigenvalue weighted by Crippen LogP contribution is -2.39. The lowest BCUT2D eigenvalue weighted by atomic mass is 9.98. The number of methoxy groups -OCH3 is 1. The summed E-state index contributed by atoms with van der Waals surface area (Å²) in [6.45, 7) is 1.31. The van der Waals surface area contributed by atoms with Crippen LogP contribution in [0.2, 0.25) is 0 Å². The molecule has 1 atom stereocenters. The van der Waals surface area contributed by atoms with Crippen molar-refractivity contribution in [3.05, 3.63) is 36.4 Å². The molecule has 0 radical (unpaired) electrons. The number of benzene rings is 1. The first kappa shape index (κ1) is 15.3.